The van der Waals surface area contributed by atoms with Gasteiger partial charge in [-0.3, -0.25) is 14.6 Å². The van der Waals surface area contributed by atoms with Crippen molar-refractivity contribution in [1.29, 1.82) is 0 Å². The average molecular weight is 335 g/mol. The number of rotatable bonds is 5. The fourth-order valence-electron chi connectivity index (χ4n) is 3.05. The lowest BCUT2D eigenvalue weighted by Gasteiger charge is -2.14. The predicted octanol–water partition coefficient (Wildman–Crippen LogP) is 1.18. The molecule has 3 rings (SSSR count). The molecule has 7 nitrogen and oxygen atoms in total. The maximum Gasteiger partial charge on any atom is 0.211 e. The summed E-state index contributed by atoms with van der Waals surface area (Å²) in [6.45, 7) is 3.95. The highest BCUT2D eigenvalue weighted by Gasteiger charge is 2.29. The standard InChI is InChI=1S/C15H21N5O2S/c1-3-20-14(4-6-18-20)15-13(16-7-8-17-15)10-12-5-9-19(11-12)23(2,21)22/h4,6-8,12H,3,5,9-11H2,1-2H3. The highest BCUT2D eigenvalue weighted by molar-refractivity contribution is 7.88. The number of aryl methyl sites for hydroxylation is 1. The van der Waals surface area contributed by atoms with Gasteiger partial charge in [-0.15, -0.1) is 0 Å². The predicted molar refractivity (Wildman–Crippen MR) is 87.2 cm³/mol. The summed E-state index contributed by atoms with van der Waals surface area (Å²) >= 11 is 0. The molecule has 23 heavy (non-hydrogen) atoms. The van der Waals surface area contributed by atoms with E-state index in [1.54, 1.807) is 22.9 Å². The van der Waals surface area contributed by atoms with E-state index in [1.807, 2.05) is 17.7 Å². The van der Waals surface area contributed by atoms with Gasteiger partial charge < -0.3 is 0 Å². The van der Waals surface area contributed by atoms with Gasteiger partial charge in [-0.1, -0.05) is 0 Å². The van der Waals surface area contributed by atoms with E-state index in [9.17, 15) is 8.42 Å². The first-order valence-electron chi connectivity index (χ1n) is 7.76. The zero-order valence-corrected chi connectivity index (χ0v) is 14.2. The molecule has 0 spiro atoms. The van der Waals surface area contributed by atoms with E-state index in [0.29, 0.717) is 13.1 Å². The van der Waals surface area contributed by atoms with Gasteiger partial charge in [0.1, 0.15) is 5.69 Å². The van der Waals surface area contributed by atoms with Crippen molar-refractivity contribution in [2.24, 2.45) is 5.92 Å². The van der Waals surface area contributed by atoms with Crippen LogP contribution in [0.15, 0.2) is 24.7 Å². The fraction of sp³-hybridized carbons (Fsp3) is 0.533. The first-order valence-corrected chi connectivity index (χ1v) is 9.61. The second kappa shape index (κ2) is 6.37. The van der Waals surface area contributed by atoms with Crippen molar-refractivity contribution in [2.75, 3.05) is 19.3 Å². The third kappa shape index (κ3) is 3.42. The van der Waals surface area contributed by atoms with E-state index in [0.717, 1.165) is 36.5 Å². The van der Waals surface area contributed by atoms with Crippen LogP contribution in [0, 0.1) is 5.92 Å². The molecule has 1 saturated heterocycles. The average Bonchev–Trinajstić information content (AvgIpc) is 3.16. The molecule has 1 unspecified atom stereocenters. The number of sulfonamides is 1. The van der Waals surface area contributed by atoms with Gasteiger partial charge in [0.2, 0.25) is 10.0 Å². The minimum Gasteiger partial charge on any atom is -0.264 e. The summed E-state index contributed by atoms with van der Waals surface area (Å²) in [7, 11) is -3.11. The lowest BCUT2D eigenvalue weighted by Crippen LogP contribution is -2.27. The lowest BCUT2D eigenvalue weighted by molar-refractivity contribution is 0.459. The van der Waals surface area contributed by atoms with E-state index >= 15 is 0 Å². The molecule has 124 valence electrons. The molecule has 1 aliphatic heterocycles. The minimum atomic E-state index is -3.11. The Labute approximate surface area is 136 Å². The summed E-state index contributed by atoms with van der Waals surface area (Å²) in [4.78, 5) is 8.97. The maximum atomic E-state index is 11.7. The number of aromatic nitrogens is 4. The van der Waals surface area contributed by atoms with E-state index in [4.69, 9.17) is 0 Å². The molecule has 0 aromatic carbocycles. The highest BCUT2D eigenvalue weighted by Crippen LogP contribution is 2.26. The van der Waals surface area contributed by atoms with E-state index in [-0.39, 0.29) is 5.92 Å². The Balaban J connectivity index is 1.83. The largest absolute Gasteiger partial charge is 0.264 e. The second-order valence-electron chi connectivity index (χ2n) is 5.86. The van der Waals surface area contributed by atoms with Crippen molar-refractivity contribution < 1.29 is 8.42 Å². The molecule has 0 N–H and O–H groups in total. The molecule has 1 fully saturated rings. The van der Waals surface area contributed by atoms with E-state index in [2.05, 4.69) is 15.1 Å². The molecular formula is C15H21N5O2S. The Morgan fingerprint density at radius 1 is 1.26 bits per heavy atom. The van der Waals surface area contributed by atoms with Gasteiger partial charge in [0, 0.05) is 38.2 Å². The molecule has 0 saturated carbocycles. The molecule has 0 radical (unpaired) electrons. The summed E-state index contributed by atoms with van der Waals surface area (Å²) in [6.07, 6.45) is 7.99. The minimum absolute atomic E-state index is 0.276. The third-order valence-electron chi connectivity index (χ3n) is 4.23. The van der Waals surface area contributed by atoms with Crippen LogP contribution >= 0.6 is 0 Å². The molecule has 0 bridgehead atoms. The Bertz CT molecular complexity index is 787. The van der Waals surface area contributed by atoms with Crippen molar-refractivity contribution >= 4 is 10.0 Å². The Morgan fingerprint density at radius 2 is 2.04 bits per heavy atom. The van der Waals surface area contributed by atoms with Gasteiger partial charge in [-0.05, 0) is 31.7 Å². The fourth-order valence-corrected chi connectivity index (χ4v) is 3.97. The number of hydrogen-bond donors (Lipinski definition) is 0. The van der Waals surface area contributed by atoms with Crippen LogP contribution in [0.25, 0.3) is 11.4 Å². The van der Waals surface area contributed by atoms with Gasteiger partial charge in [0.25, 0.3) is 0 Å². The monoisotopic (exact) mass is 335 g/mol. The third-order valence-corrected chi connectivity index (χ3v) is 5.50. The first-order chi connectivity index (χ1) is 11.0. The Morgan fingerprint density at radius 3 is 2.74 bits per heavy atom. The van der Waals surface area contributed by atoms with Crippen molar-refractivity contribution in [3.8, 4) is 11.4 Å². The maximum absolute atomic E-state index is 11.7. The molecular weight excluding hydrogens is 314 g/mol. The summed E-state index contributed by atoms with van der Waals surface area (Å²) in [5.74, 6) is 0.276. The smallest absolute Gasteiger partial charge is 0.211 e. The van der Waals surface area contributed by atoms with Crippen LogP contribution in [0.2, 0.25) is 0 Å². The van der Waals surface area contributed by atoms with Gasteiger partial charge >= 0.3 is 0 Å². The van der Waals surface area contributed by atoms with Crippen LogP contribution in [0.3, 0.4) is 0 Å². The van der Waals surface area contributed by atoms with Gasteiger partial charge in [0.05, 0.1) is 17.6 Å². The molecule has 3 heterocycles. The zero-order valence-electron chi connectivity index (χ0n) is 13.4. The molecule has 1 aliphatic rings. The van der Waals surface area contributed by atoms with Crippen molar-refractivity contribution in [3.05, 3.63) is 30.4 Å². The summed E-state index contributed by atoms with van der Waals surface area (Å²) in [5.41, 5.74) is 2.70. The van der Waals surface area contributed by atoms with Gasteiger partial charge in [-0.25, -0.2) is 12.7 Å². The topological polar surface area (TPSA) is 81.0 Å². The van der Waals surface area contributed by atoms with Crippen molar-refractivity contribution in [3.63, 3.8) is 0 Å². The van der Waals surface area contributed by atoms with E-state index < -0.39 is 10.0 Å². The summed E-state index contributed by atoms with van der Waals surface area (Å²) < 4.78 is 26.7. The van der Waals surface area contributed by atoms with Crippen molar-refractivity contribution in [1.82, 2.24) is 24.1 Å². The Kier molecular flexibility index (Phi) is 4.45. The quantitative estimate of drug-likeness (QED) is 0.820. The molecule has 0 aliphatic carbocycles. The molecule has 1 atom stereocenters. The van der Waals surface area contributed by atoms with Crippen LogP contribution in [-0.2, 0) is 23.0 Å². The van der Waals surface area contributed by atoms with Gasteiger partial charge in [0.15, 0.2) is 0 Å². The SMILES string of the molecule is CCn1nccc1-c1nccnc1CC1CCN(S(C)(=O)=O)C1. The number of hydrogen-bond acceptors (Lipinski definition) is 5. The van der Waals surface area contributed by atoms with Crippen LogP contribution in [0.1, 0.15) is 19.0 Å². The van der Waals surface area contributed by atoms with Crippen LogP contribution in [-0.4, -0.2) is 51.8 Å². The normalized spacial score (nSPS) is 19.3. The molecule has 2 aromatic heterocycles. The van der Waals surface area contributed by atoms with Gasteiger partial charge in [-0.2, -0.15) is 5.10 Å². The summed E-state index contributed by atoms with van der Waals surface area (Å²) in [5, 5.41) is 4.29. The molecule has 8 heteroatoms. The first kappa shape index (κ1) is 16.1. The number of nitrogens with zero attached hydrogens (tertiary/aromatic N) is 5. The molecule has 0 amide bonds. The van der Waals surface area contributed by atoms with Crippen LogP contribution in [0.5, 0.6) is 0 Å². The second-order valence-corrected chi connectivity index (χ2v) is 7.85. The lowest BCUT2D eigenvalue weighted by atomic mass is 10.0. The summed E-state index contributed by atoms with van der Waals surface area (Å²) in [6, 6.07) is 1.94. The van der Waals surface area contributed by atoms with Crippen molar-refractivity contribution in [2.45, 2.75) is 26.3 Å². The molecule has 2 aromatic rings. The highest BCUT2D eigenvalue weighted by atomic mass is 32.2. The van der Waals surface area contributed by atoms with E-state index in [1.165, 1.54) is 6.26 Å². The van der Waals surface area contributed by atoms with Crippen LogP contribution in [0.4, 0.5) is 0 Å². The Hall–Kier alpha value is -1.80. The van der Waals surface area contributed by atoms with Crippen LogP contribution < -0.4 is 0 Å². The zero-order chi connectivity index (χ0) is 16.4.